The number of carbonyl (C=O) groups excluding carboxylic acids is 3. The smallest absolute Gasteiger partial charge is 0.338 e. The summed E-state index contributed by atoms with van der Waals surface area (Å²) in [5, 5.41) is 0. The van der Waals surface area contributed by atoms with Gasteiger partial charge in [-0.05, 0) is 51.3 Å². The number of Topliss-reactive ketones (excluding diaryl/α,β-unsaturated/α-hetero) is 1. The summed E-state index contributed by atoms with van der Waals surface area (Å²) in [6.07, 6.45) is 3.61. The van der Waals surface area contributed by atoms with Crippen molar-refractivity contribution in [2.75, 3.05) is 7.11 Å². The zero-order valence-electron chi connectivity index (χ0n) is 16.0. The molecule has 1 fully saturated rings. The summed E-state index contributed by atoms with van der Waals surface area (Å²) in [6, 6.07) is 6.89. The van der Waals surface area contributed by atoms with Crippen molar-refractivity contribution in [1.29, 1.82) is 0 Å². The van der Waals surface area contributed by atoms with Crippen molar-refractivity contribution >= 4 is 17.7 Å². The molecule has 2 atom stereocenters. The Labute approximate surface area is 155 Å². The van der Waals surface area contributed by atoms with Crippen LogP contribution in [-0.2, 0) is 25.5 Å². The summed E-state index contributed by atoms with van der Waals surface area (Å²) in [5.74, 6) is -1.22. The van der Waals surface area contributed by atoms with Gasteiger partial charge >= 0.3 is 11.9 Å². The third kappa shape index (κ3) is 5.41. The molecule has 0 spiro atoms. The Kier molecular flexibility index (Phi) is 6.57. The number of hydrogen-bond donors (Lipinski definition) is 0. The lowest BCUT2D eigenvalue weighted by Crippen LogP contribution is -2.34. The van der Waals surface area contributed by atoms with E-state index in [-0.39, 0.29) is 36.0 Å². The molecule has 1 aromatic carbocycles. The number of ether oxygens (including phenoxy) is 2. The molecule has 0 N–H and O–H groups in total. The Morgan fingerprint density at radius 3 is 2.12 bits per heavy atom. The van der Waals surface area contributed by atoms with Gasteiger partial charge in [0.05, 0.1) is 18.6 Å². The van der Waals surface area contributed by atoms with Crippen LogP contribution in [0.1, 0.15) is 62.4 Å². The number of hydrogen-bond acceptors (Lipinski definition) is 5. The fourth-order valence-corrected chi connectivity index (χ4v) is 3.38. The molecule has 5 heteroatoms. The summed E-state index contributed by atoms with van der Waals surface area (Å²) in [5.41, 5.74) is 0.744. The predicted molar refractivity (Wildman–Crippen MR) is 97.8 cm³/mol. The fourth-order valence-electron chi connectivity index (χ4n) is 3.38. The van der Waals surface area contributed by atoms with E-state index in [9.17, 15) is 14.4 Å². The van der Waals surface area contributed by atoms with E-state index in [2.05, 4.69) is 0 Å². The summed E-state index contributed by atoms with van der Waals surface area (Å²) in [7, 11) is 1.37. The molecule has 0 amide bonds. The first-order valence-corrected chi connectivity index (χ1v) is 9.14. The van der Waals surface area contributed by atoms with E-state index in [0.717, 1.165) is 24.8 Å². The van der Waals surface area contributed by atoms with Crippen LogP contribution in [0.3, 0.4) is 0 Å². The van der Waals surface area contributed by atoms with Crippen LogP contribution in [0.4, 0.5) is 0 Å². The van der Waals surface area contributed by atoms with Gasteiger partial charge in [-0.25, -0.2) is 4.79 Å². The van der Waals surface area contributed by atoms with Crippen LogP contribution < -0.4 is 0 Å². The zero-order valence-corrected chi connectivity index (χ0v) is 16.0. The third-order valence-corrected chi connectivity index (χ3v) is 4.65. The quantitative estimate of drug-likeness (QED) is 0.748. The van der Waals surface area contributed by atoms with Crippen LogP contribution >= 0.6 is 0 Å². The predicted octanol–water partition coefficient (Wildman–Crippen LogP) is 3.73. The summed E-state index contributed by atoms with van der Waals surface area (Å²) in [4.78, 5) is 36.7. The fraction of sp³-hybridized carbons (Fsp3) is 0.571. The van der Waals surface area contributed by atoms with Crippen molar-refractivity contribution in [2.24, 2.45) is 11.8 Å². The first kappa shape index (κ1) is 20.1. The molecule has 26 heavy (non-hydrogen) atoms. The highest BCUT2D eigenvalue weighted by molar-refractivity contribution is 5.90. The molecule has 0 unspecified atom stereocenters. The molecule has 1 aromatic rings. The number of ketones is 1. The summed E-state index contributed by atoms with van der Waals surface area (Å²) >= 11 is 0. The van der Waals surface area contributed by atoms with Gasteiger partial charge in [-0.3, -0.25) is 9.59 Å². The number of benzene rings is 1. The maximum atomic E-state index is 12.7. The van der Waals surface area contributed by atoms with E-state index in [1.165, 1.54) is 7.11 Å². The van der Waals surface area contributed by atoms with Gasteiger partial charge in [0, 0.05) is 12.3 Å². The van der Waals surface area contributed by atoms with Gasteiger partial charge in [0.2, 0.25) is 0 Å². The normalized spacial score (nSPS) is 20.3. The highest BCUT2D eigenvalue weighted by Gasteiger charge is 2.36. The van der Waals surface area contributed by atoms with E-state index in [4.69, 9.17) is 9.47 Å². The van der Waals surface area contributed by atoms with Crippen molar-refractivity contribution in [3.63, 3.8) is 0 Å². The van der Waals surface area contributed by atoms with Crippen molar-refractivity contribution < 1.29 is 23.9 Å². The third-order valence-electron chi connectivity index (χ3n) is 4.65. The van der Waals surface area contributed by atoms with Crippen molar-refractivity contribution in [2.45, 2.75) is 58.5 Å². The lowest BCUT2D eigenvalue weighted by molar-refractivity contribution is -0.151. The maximum absolute atomic E-state index is 12.7. The van der Waals surface area contributed by atoms with Crippen LogP contribution in [0.2, 0.25) is 0 Å². The molecule has 0 bridgehead atoms. The lowest BCUT2D eigenvalue weighted by atomic mass is 9.75. The summed E-state index contributed by atoms with van der Waals surface area (Å²) in [6.45, 7) is 5.46. The Hall–Kier alpha value is -2.17. The Bertz CT molecular complexity index is 654. The minimum Gasteiger partial charge on any atom is -0.469 e. The second-order valence-electron chi connectivity index (χ2n) is 7.86. The Morgan fingerprint density at radius 2 is 1.58 bits per heavy atom. The van der Waals surface area contributed by atoms with Crippen LogP contribution in [-0.4, -0.2) is 30.4 Å². The SMILES string of the molecule is COC(=O)[C@@H]1CCCC[C@H]1C(=O)Cc1ccc(C(=O)OC(C)(C)C)cc1. The van der Waals surface area contributed by atoms with E-state index in [1.807, 2.05) is 20.8 Å². The molecule has 1 aliphatic rings. The number of carbonyl (C=O) groups is 3. The van der Waals surface area contributed by atoms with Gasteiger partial charge in [0.1, 0.15) is 11.4 Å². The standard InChI is InChI=1S/C21H28O5/c1-21(2,3)26-19(23)15-11-9-14(10-12-15)13-18(22)16-7-5-6-8-17(16)20(24)25-4/h9-12,16-17H,5-8,13H2,1-4H3/t16-,17-/m1/s1. The molecule has 0 heterocycles. The van der Waals surface area contributed by atoms with Crippen LogP contribution in [0.5, 0.6) is 0 Å². The minimum absolute atomic E-state index is 0.0603. The molecule has 0 aliphatic heterocycles. The minimum atomic E-state index is -0.546. The van der Waals surface area contributed by atoms with Crippen molar-refractivity contribution in [1.82, 2.24) is 0 Å². The Morgan fingerprint density at radius 1 is 1.00 bits per heavy atom. The van der Waals surface area contributed by atoms with Crippen molar-refractivity contribution in [3.05, 3.63) is 35.4 Å². The molecule has 5 nitrogen and oxygen atoms in total. The second kappa shape index (κ2) is 8.47. The molecular formula is C21H28O5. The van der Waals surface area contributed by atoms with E-state index in [1.54, 1.807) is 24.3 Å². The number of rotatable bonds is 5. The monoisotopic (exact) mass is 360 g/mol. The lowest BCUT2D eigenvalue weighted by Gasteiger charge is -2.28. The number of methoxy groups -OCH3 is 1. The molecule has 0 aromatic heterocycles. The second-order valence-corrected chi connectivity index (χ2v) is 7.86. The van der Waals surface area contributed by atoms with Crippen LogP contribution in [0, 0.1) is 11.8 Å². The van der Waals surface area contributed by atoms with Gasteiger partial charge < -0.3 is 9.47 Å². The largest absolute Gasteiger partial charge is 0.469 e. The van der Waals surface area contributed by atoms with Gasteiger partial charge in [-0.15, -0.1) is 0 Å². The molecule has 0 radical (unpaired) electrons. The number of esters is 2. The van der Waals surface area contributed by atoms with E-state index < -0.39 is 5.60 Å². The molecule has 0 saturated heterocycles. The molecule has 1 aliphatic carbocycles. The molecule has 142 valence electrons. The highest BCUT2D eigenvalue weighted by Crippen LogP contribution is 2.32. The maximum Gasteiger partial charge on any atom is 0.338 e. The molecule has 2 rings (SSSR count). The molecule has 1 saturated carbocycles. The van der Waals surface area contributed by atoms with Gasteiger partial charge in [0.15, 0.2) is 0 Å². The average molecular weight is 360 g/mol. The topological polar surface area (TPSA) is 69.7 Å². The zero-order chi connectivity index (χ0) is 19.3. The first-order valence-electron chi connectivity index (χ1n) is 9.14. The van der Waals surface area contributed by atoms with Gasteiger partial charge in [0.25, 0.3) is 0 Å². The molecular weight excluding hydrogens is 332 g/mol. The average Bonchev–Trinajstić information content (AvgIpc) is 2.60. The van der Waals surface area contributed by atoms with E-state index >= 15 is 0 Å². The van der Waals surface area contributed by atoms with Crippen LogP contribution in [0.15, 0.2) is 24.3 Å². The van der Waals surface area contributed by atoms with Crippen molar-refractivity contribution in [3.8, 4) is 0 Å². The highest BCUT2D eigenvalue weighted by atomic mass is 16.6. The van der Waals surface area contributed by atoms with Gasteiger partial charge in [-0.1, -0.05) is 25.0 Å². The summed E-state index contributed by atoms with van der Waals surface area (Å²) < 4.78 is 10.2. The first-order chi connectivity index (χ1) is 12.2. The van der Waals surface area contributed by atoms with Gasteiger partial charge in [-0.2, -0.15) is 0 Å². The Balaban J connectivity index is 2.02. The van der Waals surface area contributed by atoms with Crippen LogP contribution in [0.25, 0.3) is 0 Å². The van der Waals surface area contributed by atoms with E-state index in [0.29, 0.717) is 12.0 Å².